The highest BCUT2D eigenvalue weighted by atomic mass is 16.2. The van der Waals surface area contributed by atoms with Crippen LogP contribution in [0.15, 0.2) is 29.2 Å². The molecule has 3 aromatic rings. The van der Waals surface area contributed by atoms with Gasteiger partial charge in [-0.2, -0.15) is 4.98 Å². The van der Waals surface area contributed by atoms with Crippen LogP contribution in [-0.4, -0.2) is 51.1 Å². The highest BCUT2D eigenvalue weighted by Crippen LogP contribution is 2.35. The van der Waals surface area contributed by atoms with E-state index >= 15 is 0 Å². The van der Waals surface area contributed by atoms with Gasteiger partial charge in [-0.3, -0.25) is 14.2 Å². The van der Waals surface area contributed by atoms with Gasteiger partial charge in [0, 0.05) is 38.9 Å². The predicted molar refractivity (Wildman–Crippen MR) is 120 cm³/mol. The predicted octanol–water partition coefficient (Wildman–Crippen LogP) is 2.09. The Morgan fingerprint density at radius 1 is 1.23 bits per heavy atom. The number of rotatable bonds is 3. The Morgan fingerprint density at radius 2 is 2.06 bits per heavy atom. The molecule has 9 heteroatoms. The molecule has 0 unspecified atom stereocenters. The van der Waals surface area contributed by atoms with Crippen molar-refractivity contribution in [3.05, 3.63) is 46.1 Å². The standard InChI is InChI=1S/C22H25N7O2/c1-4-23-22-24-11-15-19(26-22)28-10-6-7-14(28)12-29(20(15)30)17-9-5-8-16-18(17)21(31)27(3)13(2)25-16/h5,8-9,11,14H,4,6-7,10,12H2,1-3H3,(H,23,24,26)/t14-/m0/s1. The zero-order chi connectivity index (χ0) is 21.7. The number of nitrogens with one attached hydrogen (secondary N) is 1. The van der Waals surface area contributed by atoms with E-state index in [0.29, 0.717) is 52.8 Å². The van der Waals surface area contributed by atoms with Gasteiger partial charge in [-0.05, 0) is 38.8 Å². The van der Waals surface area contributed by atoms with E-state index < -0.39 is 0 Å². The maximum Gasteiger partial charge on any atom is 0.263 e. The highest BCUT2D eigenvalue weighted by molar-refractivity contribution is 6.13. The average molecular weight is 419 g/mol. The topological polar surface area (TPSA) is 96.2 Å². The van der Waals surface area contributed by atoms with Crippen molar-refractivity contribution in [3.63, 3.8) is 0 Å². The van der Waals surface area contributed by atoms with Gasteiger partial charge >= 0.3 is 0 Å². The van der Waals surface area contributed by atoms with Gasteiger partial charge in [0.15, 0.2) is 0 Å². The zero-order valence-electron chi connectivity index (χ0n) is 17.9. The van der Waals surface area contributed by atoms with Gasteiger partial charge in [-0.15, -0.1) is 0 Å². The Balaban J connectivity index is 1.70. The fourth-order valence-corrected chi connectivity index (χ4v) is 4.57. The van der Waals surface area contributed by atoms with Crippen molar-refractivity contribution in [2.75, 3.05) is 34.8 Å². The van der Waals surface area contributed by atoms with Crippen LogP contribution in [0.3, 0.4) is 0 Å². The normalized spacial score (nSPS) is 18.2. The summed E-state index contributed by atoms with van der Waals surface area (Å²) in [6.07, 6.45) is 3.59. The summed E-state index contributed by atoms with van der Waals surface area (Å²) in [6.45, 7) is 5.82. The molecule has 2 aliphatic heterocycles. The largest absolute Gasteiger partial charge is 0.354 e. The van der Waals surface area contributed by atoms with Crippen LogP contribution >= 0.6 is 0 Å². The molecule has 0 aliphatic carbocycles. The minimum absolute atomic E-state index is 0.132. The van der Waals surface area contributed by atoms with E-state index in [1.807, 2.05) is 25.1 Å². The number of hydrogen-bond donors (Lipinski definition) is 1. The molecule has 0 radical (unpaired) electrons. The third-order valence-electron chi connectivity index (χ3n) is 6.22. The van der Waals surface area contributed by atoms with Gasteiger partial charge in [-0.25, -0.2) is 9.97 Å². The monoisotopic (exact) mass is 419 g/mol. The number of aromatic nitrogens is 4. The minimum Gasteiger partial charge on any atom is -0.354 e. The van der Waals surface area contributed by atoms with Crippen LogP contribution in [0, 0.1) is 6.92 Å². The second-order valence-corrected chi connectivity index (χ2v) is 8.06. The molecule has 1 saturated heterocycles. The molecule has 1 N–H and O–H groups in total. The van der Waals surface area contributed by atoms with E-state index in [2.05, 4.69) is 25.2 Å². The number of amides is 1. The quantitative estimate of drug-likeness (QED) is 0.694. The number of carbonyl (C=O) groups is 1. The van der Waals surface area contributed by atoms with Crippen molar-refractivity contribution < 1.29 is 4.79 Å². The molecule has 0 spiro atoms. The van der Waals surface area contributed by atoms with Gasteiger partial charge in [0.25, 0.3) is 11.5 Å². The molecule has 4 heterocycles. The number of fused-ring (bicyclic) bond motifs is 4. The van der Waals surface area contributed by atoms with Crippen LogP contribution in [0.1, 0.15) is 35.9 Å². The number of hydrogen-bond acceptors (Lipinski definition) is 7. The van der Waals surface area contributed by atoms with Gasteiger partial charge < -0.3 is 15.1 Å². The number of nitrogens with zero attached hydrogens (tertiary/aromatic N) is 6. The number of benzene rings is 1. The molecule has 5 rings (SSSR count). The first-order valence-corrected chi connectivity index (χ1v) is 10.7. The van der Waals surface area contributed by atoms with Crippen molar-refractivity contribution in [3.8, 4) is 0 Å². The minimum atomic E-state index is -0.192. The van der Waals surface area contributed by atoms with Gasteiger partial charge in [-0.1, -0.05) is 6.07 Å². The molecule has 1 amide bonds. The Labute approximate surface area is 179 Å². The van der Waals surface area contributed by atoms with Crippen molar-refractivity contribution in [1.82, 2.24) is 19.5 Å². The fourth-order valence-electron chi connectivity index (χ4n) is 4.57. The molecule has 2 aromatic heterocycles. The molecule has 9 nitrogen and oxygen atoms in total. The summed E-state index contributed by atoms with van der Waals surface area (Å²) >= 11 is 0. The molecule has 0 saturated carbocycles. The SMILES string of the molecule is CCNc1ncc2c(n1)N1CCC[C@H]1CN(c1cccc3nc(C)n(C)c(=O)c13)C2=O. The summed E-state index contributed by atoms with van der Waals surface area (Å²) in [4.78, 5) is 44.4. The number of carbonyl (C=O) groups excluding carboxylic acids is 1. The Morgan fingerprint density at radius 3 is 2.87 bits per heavy atom. The lowest BCUT2D eigenvalue weighted by atomic mass is 10.1. The Hall–Kier alpha value is -3.49. The molecule has 1 aromatic carbocycles. The summed E-state index contributed by atoms with van der Waals surface area (Å²) < 4.78 is 1.52. The lowest BCUT2D eigenvalue weighted by molar-refractivity contribution is 0.0988. The van der Waals surface area contributed by atoms with Crippen molar-refractivity contribution in [2.24, 2.45) is 7.05 Å². The van der Waals surface area contributed by atoms with E-state index in [4.69, 9.17) is 0 Å². The first-order chi connectivity index (χ1) is 15.0. The second kappa shape index (κ2) is 7.33. The van der Waals surface area contributed by atoms with E-state index in [0.717, 1.165) is 19.4 Å². The maximum absolute atomic E-state index is 13.7. The summed E-state index contributed by atoms with van der Waals surface area (Å²) in [6, 6.07) is 5.63. The Kier molecular flexibility index (Phi) is 4.60. The van der Waals surface area contributed by atoms with Crippen LogP contribution in [0.2, 0.25) is 0 Å². The molecule has 1 atom stereocenters. The van der Waals surface area contributed by atoms with Gasteiger partial charge in [0.1, 0.15) is 17.2 Å². The number of aryl methyl sites for hydroxylation is 1. The first-order valence-electron chi connectivity index (χ1n) is 10.7. The van der Waals surface area contributed by atoms with Gasteiger partial charge in [0.05, 0.1) is 16.6 Å². The van der Waals surface area contributed by atoms with E-state index in [1.165, 1.54) is 4.57 Å². The average Bonchev–Trinajstić information content (AvgIpc) is 3.19. The van der Waals surface area contributed by atoms with Crippen molar-refractivity contribution in [2.45, 2.75) is 32.7 Å². The van der Waals surface area contributed by atoms with Crippen LogP contribution < -0.4 is 20.7 Å². The van der Waals surface area contributed by atoms with E-state index in [-0.39, 0.29) is 17.5 Å². The third kappa shape index (κ3) is 3.03. The fraction of sp³-hybridized carbons (Fsp3) is 0.409. The highest BCUT2D eigenvalue weighted by Gasteiger charge is 2.38. The molecule has 1 fully saturated rings. The summed E-state index contributed by atoms with van der Waals surface area (Å²) in [7, 11) is 1.70. The lowest BCUT2D eigenvalue weighted by Gasteiger charge is -2.27. The first kappa shape index (κ1) is 19.5. The van der Waals surface area contributed by atoms with Gasteiger partial charge in [0.2, 0.25) is 5.95 Å². The van der Waals surface area contributed by atoms with E-state index in [1.54, 1.807) is 25.1 Å². The zero-order valence-corrected chi connectivity index (χ0v) is 17.9. The Bertz CT molecular complexity index is 1250. The molecular formula is C22H25N7O2. The second-order valence-electron chi connectivity index (χ2n) is 8.06. The maximum atomic E-state index is 13.7. The molecule has 31 heavy (non-hydrogen) atoms. The third-order valence-corrected chi connectivity index (χ3v) is 6.22. The molecule has 160 valence electrons. The smallest absolute Gasteiger partial charge is 0.263 e. The summed E-state index contributed by atoms with van der Waals surface area (Å²) in [5.41, 5.74) is 1.49. The van der Waals surface area contributed by atoms with Crippen LogP contribution in [0.5, 0.6) is 0 Å². The summed E-state index contributed by atoms with van der Waals surface area (Å²) in [5, 5.41) is 3.59. The van der Waals surface area contributed by atoms with Crippen molar-refractivity contribution >= 4 is 34.3 Å². The van der Waals surface area contributed by atoms with Crippen LogP contribution in [0.4, 0.5) is 17.5 Å². The molecule has 2 aliphatic rings. The van der Waals surface area contributed by atoms with E-state index in [9.17, 15) is 9.59 Å². The van der Waals surface area contributed by atoms with Crippen LogP contribution in [-0.2, 0) is 7.05 Å². The molecule has 0 bridgehead atoms. The summed E-state index contributed by atoms with van der Waals surface area (Å²) in [5.74, 6) is 1.63. The van der Waals surface area contributed by atoms with Crippen LogP contribution in [0.25, 0.3) is 10.9 Å². The lowest BCUT2D eigenvalue weighted by Crippen LogP contribution is -2.40. The van der Waals surface area contributed by atoms with Crippen molar-refractivity contribution in [1.29, 1.82) is 0 Å². The number of anilines is 3. The molecular weight excluding hydrogens is 394 g/mol.